The van der Waals surface area contributed by atoms with Crippen LogP contribution in [0.1, 0.15) is 32.6 Å². The van der Waals surface area contributed by atoms with Gasteiger partial charge < -0.3 is 5.11 Å². The number of anilines is 1. The number of halogens is 3. The first kappa shape index (κ1) is 18.4. The molecule has 0 amide bonds. The van der Waals surface area contributed by atoms with Gasteiger partial charge in [0, 0.05) is 16.7 Å². The molecule has 8 heteroatoms. The standard InChI is InChI=1S/C19H20F3N3OS/c1-2-12-8-9-15-14(10-12)18(26,19(20,21)22)25(24-15)17-23-16(11-27-17)13-6-4-3-5-7-13/h3-7,11-12,14,26H,2,8-10H2,1H3/t12-,14+,18-/m0/s1. The molecule has 1 aromatic carbocycles. The van der Waals surface area contributed by atoms with Gasteiger partial charge in [0.15, 0.2) is 0 Å². The Morgan fingerprint density at radius 1 is 1.30 bits per heavy atom. The van der Waals surface area contributed by atoms with Crippen molar-refractivity contribution in [3.8, 4) is 11.3 Å². The molecule has 0 unspecified atom stereocenters. The lowest BCUT2D eigenvalue weighted by Gasteiger charge is -2.39. The molecule has 1 saturated carbocycles. The number of hydrazone groups is 1. The zero-order valence-electron chi connectivity index (χ0n) is 14.8. The van der Waals surface area contributed by atoms with Crippen LogP contribution in [0.25, 0.3) is 11.3 Å². The summed E-state index contributed by atoms with van der Waals surface area (Å²) in [4.78, 5) is 4.35. The summed E-state index contributed by atoms with van der Waals surface area (Å²) in [5, 5.41) is 17.5. The van der Waals surface area contributed by atoms with Crippen LogP contribution in [-0.4, -0.2) is 27.7 Å². The van der Waals surface area contributed by atoms with Crippen LogP contribution in [0.3, 0.4) is 0 Å². The van der Waals surface area contributed by atoms with Gasteiger partial charge in [-0.1, -0.05) is 43.7 Å². The topological polar surface area (TPSA) is 48.7 Å². The average molecular weight is 395 g/mol. The predicted molar refractivity (Wildman–Crippen MR) is 99.6 cm³/mol. The van der Waals surface area contributed by atoms with Gasteiger partial charge in [-0.15, -0.1) is 11.3 Å². The lowest BCUT2D eigenvalue weighted by Crippen LogP contribution is -2.60. The van der Waals surface area contributed by atoms with Crippen LogP contribution in [0.15, 0.2) is 40.8 Å². The van der Waals surface area contributed by atoms with Crippen LogP contribution in [0, 0.1) is 11.8 Å². The maximum Gasteiger partial charge on any atom is 0.439 e. The lowest BCUT2D eigenvalue weighted by molar-refractivity contribution is -0.270. The molecular formula is C19H20F3N3OS. The van der Waals surface area contributed by atoms with Crippen molar-refractivity contribution in [1.82, 2.24) is 4.98 Å². The van der Waals surface area contributed by atoms with Gasteiger partial charge in [-0.3, -0.25) is 0 Å². The minimum atomic E-state index is -4.84. The Kier molecular flexibility index (Phi) is 4.50. The van der Waals surface area contributed by atoms with E-state index in [0.29, 0.717) is 29.3 Å². The van der Waals surface area contributed by atoms with E-state index in [0.717, 1.165) is 29.7 Å². The van der Waals surface area contributed by atoms with Crippen molar-refractivity contribution in [1.29, 1.82) is 0 Å². The number of alkyl halides is 3. The molecule has 0 radical (unpaired) electrons. The third kappa shape index (κ3) is 2.95. The maximum absolute atomic E-state index is 14.0. The van der Waals surface area contributed by atoms with Crippen LogP contribution >= 0.6 is 11.3 Å². The van der Waals surface area contributed by atoms with Crippen LogP contribution in [0.4, 0.5) is 18.3 Å². The zero-order chi connectivity index (χ0) is 19.2. The molecule has 1 aromatic heterocycles. The molecule has 0 saturated heterocycles. The van der Waals surface area contributed by atoms with E-state index in [2.05, 4.69) is 10.1 Å². The van der Waals surface area contributed by atoms with Crippen molar-refractivity contribution in [3.05, 3.63) is 35.7 Å². The smallest absolute Gasteiger partial charge is 0.362 e. The first-order valence-electron chi connectivity index (χ1n) is 9.02. The van der Waals surface area contributed by atoms with Crippen molar-refractivity contribution in [2.24, 2.45) is 16.9 Å². The zero-order valence-corrected chi connectivity index (χ0v) is 15.6. The summed E-state index contributed by atoms with van der Waals surface area (Å²) in [6.07, 6.45) is -2.46. The van der Waals surface area contributed by atoms with E-state index in [1.165, 1.54) is 0 Å². The predicted octanol–water partition coefficient (Wildman–Crippen LogP) is 5.06. The van der Waals surface area contributed by atoms with Crippen molar-refractivity contribution in [2.75, 3.05) is 5.01 Å². The van der Waals surface area contributed by atoms with Crippen molar-refractivity contribution in [3.63, 3.8) is 0 Å². The van der Waals surface area contributed by atoms with Gasteiger partial charge in [-0.2, -0.15) is 23.3 Å². The number of benzene rings is 1. The third-order valence-electron chi connectivity index (χ3n) is 5.55. The van der Waals surface area contributed by atoms with Crippen molar-refractivity contribution in [2.45, 2.75) is 44.5 Å². The molecule has 0 spiro atoms. The van der Waals surface area contributed by atoms with Gasteiger partial charge in [-0.05, 0) is 25.2 Å². The summed E-state index contributed by atoms with van der Waals surface area (Å²) in [7, 11) is 0. The Morgan fingerprint density at radius 2 is 2.04 bits per heavy atom. The van der Waals surface area contributed by atoms with Gasteiger partial charge in [0.05, 0.1) is 11.6 Å². The van der Waals surface area contributed by atoms with Gasteiger partial charge in [0.1, 0.15) is 0 Å². The van der Waals surface area contributed by atoms with E-state index in [1.807, 2.05) is 37.3 Å². The molecule has 1 aliphatic heterocycles. The number of thiazole rings is 1. The molecule has 1 fully saturated rings. The first-order chi connectivity index (χ1) is 12.8. The summed E-state index contributed by atoms with van der Waals surface area (Å²) >= 11 is 1.06. The molecule has 4 rings (SSSR count). The summed E-state index contributed by atoms with van der Waals surface area (Å²) in [6, 6.07) is 9.24. The van der Waals surface area contributed by atoms with Gasteiger partial charge >= 0.3 is 6.18 Å². The number of hydrogen-bond acceptors (Lipinski definition) is 5. The molecule has 2 heterocycles. The monoisotopic (exact) mass is 395 g/mol. The lowest BCUT2D eigenvalue weighted by atomic mass is 9.74. The number of aromatic nitrogens is 1. The Labute approximate surface area is 159 Å². The Bertz CT molecular complexity index is 851. The number of aliphatic hydroxyl groups is 1. The Morgan fingerprint density at radius 3 is 2.70 bits per heavy atom. The second kappa shape index (κ2) is 6.60. The minimum Gasteiger partial charge on any atom is -0.362 e. The van der Waals surface area contributed by atoms with Gasteiger partial charge in [0.25, 0.3) is 5.72 Å². The molecule has 1 N–H and O–H groups in total. The van der Waals surface area contributed by atoms with E-state index in [4.69, 9.17) is 0 Å². The number of hydrogen-bond donors (Lipinski definition) is 1. The fourth-order valence-corrected chi connectivity index (χ4v) is 4.80. The number of rotatable bonds is 3. The highest BCUT2D eigenvalue weighted by Crippen LogP contribution is 2.51. The molecule has 1 aliphatic carbocycles. The normalized spacial score (nSPS) is 28.2. The highest BCUT2D eigenvalue weighted by molar-refractivity contribution is 7.14. The number of nitrogens with zero attached hydrogens (tertiary/aromatic N) is 3. The summed E-state index contributed by atoms with van der Waals surface area (Å²) in [5.74, 6) is -0.876. The molecule has 2 aliphatic rings. The molecule has 0 bridgehead atoms. The van der Waals surface area contributed by atoms with Crippen LogP contribution in [0.2, 0.25) is 0 Å². The number of fused-ring (bicyclic) bond motifs is 1. The highest BCUT2D eigenvalue weighted by Gasteiger charge is 2.68. The Balaban J connectivity index is 1.73. The van der Waals surface area contributed by atoms with E-state index >= 15 is 0 Å². The highest BCUT2D eigenvalue weighted by atomic mass is 32.1. The first-order valence-corrected chi connectivity index (χ1v) is 9.90. The van der Waals surface area contributed by atoms with E-state index in [-0.39, 0.29) is 11.0 Å². The molecule has 4 nitrogen and oxygen atoms in total. The molecule has 27 heavy (non-hydrogen) atoms. The molecular weight excluding hydrogens is 375 g/mol. The summed E-state index contributed by atoms with van der Waals surface area (Å²) in [5.41, 5.74) is -1.23. The fourth-order valence-electron chi connectivity index (χ4n) is 3.96. The van der Waals surface area contributed by atoms with Crippen LogP contribution in [0.5, 0.6) is 0 Å². The van der Waals surface area contributed by atoms with Crippen molar-refractivity contribution >= 4 is 22.2 Å². The Hall–Kier alpha value is -1.93. The van der Waals surface area contributed by atoms with Gasteiger partial charge in [0.2, 0.25) is 5.13 Å². The molecule has 144 valence electrons. The fraction of sp³-hybridized carbons (Fsp3) is 0.474. The van der Waals surface area contributed by atoms with E-state index < -0.39 is 17.8 Å². The maximum atomic E-state index is 14.0. The SMILES string of the molecule is CC[C@H]1CCC2=NN(c3nc(-c4ccccc4)cs3)[C@@](O)(C(F)(F)F)[C@@H]2C1. The van der Waals surface area contributed by atoms with Crippen molar-refractivity contribution < 1.29 is 18.3 Å². The van der Waals surface area contributed by atoms with Crippen LogP contribution in [-0.2, 0) is 0 Å². The summed E-state index contributed by atoms with van der Waals surface area (Å²) < 4.78 is 42.1. The van der Waals surface area contributed by atoms with E-state index in [9.17, 15) is 18.3 Å². The third-order valence-corrected chi connectivity index (χ3v) is 6.37. The molecule has 3 atom stereocenters. The summed E-state index contributed by atoms with van der Waals surface area (Å²) in [6.45, 7) is 1.97. The second-order valence-corrected chi connectivity index (χ2v) is 7.95. The van der Waals surface area contributed by atoms with Crippen LogP contribution < -0.4 is 5.01 Å². The van der Waals surface area contributed by atoms with E-state index in [1.54, 1.807) is 5.38 Å². The minimum absolute atomic E-state index is 0.0589. The molecule has 2 aromatic rings. The largest absolute Gasteiger partial charge is 0.439 e. The van der Waals surface area contributed by atoms with Gasteiger partial charge in [-0.25, -0.2) is 4.98 Å². The second-order valence-electron chi connectivity index (χ2n) is 7.11. The average Bonchev–Trinajstić information content (AvgIpc) is 3.25. The quantitative estimate of drug-likeness (QED) is 0.790.